The first kappa shape index (κ1) is 15.0. The summed E-state index contributed by atoms with van der Waals surface area (Å²) < 4.78 is 0. The van der Waals surface area contributed by atoms with E-state index in [0.29, 0.717) is 6.54 Å². The van der Waals surface area contributed by atoms with Crippen molar-refractivity contribution in [2.24, 2.45) is 5.73 Å². The van der Waals surface area contributed by atoms with Gasteiger partial charge in [-0.3, -0.25) is 4.79 Å². The fourth-order valence-corrected chi connectivity index (χ4v) is 3.15. The van der Waals surface area contributed by atoms with Gasteiger partial charge in [-0.25, -0.2) is 0 Å². The van der Waals surface area contributed by atoms with Gasteiger partial charge in [0.25, 0.3) is 0 Å². The lowest BCUT2D eigenvalue weighted by molar-refractivity contribution is -0.135. The van der Waals surface area contributed by atoms with E-state index in [2.05, 4.69) is 19.1 Å². The van der Waals surface area contributed by atoms with Gasteiger partial charge in [0.2, 0.25) is 5.91 Å². The molecular formula is C17H26N2O. The van der Waals surface area contributed by atoms with Crippen LogP contribution in [0.15, 0.2) is 30.3 Å². The molecule has 0 aromatic heterocycles. The molecule has 2 rings (SSSR count). The average molecular weight is 274 g/mol. The molecule has 1 amide bonds. The number of amides is 1. The first-order chi connectivity index (χ1) is 9.77. The molecule has 1 aromatic carbocycles. The number of carbonyl (C=O) groups excluding carboxylic acids is 1. The maximum absolute atomic E-state index is 12.9. The Bertz CT molecular complexity index is 418. The zero-order valence-electron chi connectivity index (χ0n) is 12.4. The molecule has 2 atom stereocenters. The third-order valence-corrected chi connectivity index (χ3v) is 4.34. The molecule has 1 aliphatic heterocycles. The van der Waals surface area contributed by atoms with Gasteiger partial charge in [-0.1, -0.05) is 50.1 Å². The number of likely N-dealkylation sites (tertiary alicyclic amines) is 1. The first-order valence-electron chi connectivity index (χ1n) is 7.83. The minimum atomic E-state index is -0.0247. The molecule has 1 fully saturated rings. The summed E-state index contributed by atoms with van der Waals surface area (Å²) in [5.41, 5.74) is 7.01. The number of carbonyl (C=O) groups is 1. The Labute approximate surface area is 122 Å². The molecule has 0 saturated carbocycles. The third-order valence-electron chi connectivity index (χ3n) is 4.34. The number of rotatable bonds is 4. The maximum atomic E-state index is 12.9. The van der Waals surface area contributed by atoms with E-state index in [4.69, 9.17) is 5.73 Å². The van der Waals surface area contributed by atoms with Gasteiger partial charge in [0, 0.05) is 19.1 Å². The van der Waals surface area contributed by atoms with Crippen LogP contribution in [-0.2, 0) is 4.79 Å². The van der Waals surface area contributed by atoms with Crippen LogP contribution in [-0.4, -0.2) is 29.9 Å². The monoisotopic (exact) mass is 274 g/mol. The molecule has 2 unspecified atom stereocenters. The number of benzene rings is 1. The lowest BCUT2D eigenvalue weighted by Gasteiger charge is -2.32. The van der Waals surface area contributed by atoms with E-state index in [1.807, 2.05) is 23.1 Å². The van der Waals surface area contributed by atoms with Crippen LogP contribution in [0.2, 0.25) is 0 Å². The van der Waals surface area contributed by atoms with Gasteiger partial charge < -0.3 is 10.6 Å². The van der Waals surface area contributed by atoms with Crippen molar-refractivity contribution in [1.29, 1.82) is 0 Å². The summed E-state index contributed by atoms with van der Waals surface area (Å²) in [6.45, 7) is 3.53. The Morgan fingerprint density at radius 2 is 2.05 bits per heavy atom. The molecule has 1 aliphatic rings. The summed E-state index contributed by atoms with van der Waals surface area (Å²) >= 11 is 0. The van der Waals surface area contributed by atoms with Crippen molar-refractivity contribution in [3.8, 4) is 0 Å². The Hall–Kier alpha value is -1.35. The molecule has 0 spiro atoms. The Morgan fingerprint density at radius 3 is 2.70 bits per heavy atom. The average Bonchev–Trinajstić information content (AvgIpc) is 2.74. The highest BCUT2D eigenvalue weighted by Crippen LogP contribution is 2.25. The van der Waals surface area contributed by atoms with Crippen molar-refractivity contribution >= 4 is 5.91 Å². The summed E-state index contributed by atoms with van der Waals surface area (Å²) in [5.74, 6) is 0.236. The van der Waals surface area contributed by atoms with E-state index in [9.17, 15) is 4.79 Å². The second-order valence-electron chi connectivity index (χ2n) is 5.64. The fourth-order valence-electron chi connectivity index (χ4n) is 3.15. The Morgan fingerprint density at radius 1 is 1.30 bits per heavy atom. The lowest BCUT2D eigenvalue weighted by atomic mass is 9.94. The van der Waals surface area contributed by atoms with E-state index in [0.717, 1.165) is 31.4 Å². The van der Waals surface area contributed by atoms with Gasteiger partial charge in [0.1, 0.15) is 0 Å². The number of hydrogen-bond acceptors (Lipinski definition) is 2. The van der Waals surface area contributed by atoms with Crippen LogP contribution in [0.3, 0.4) is 0 Å². The summed E-state index contributed by atoms with van der Waals surface area (Å²) in [7, 11) is 0. The van der Waals surface area contributed by atoms with E-state index in [1.54, 1.807) is 0 Å². The van der Waals surface area contributed by atoms with Gasteiger partial charge in [-0.05, 0) is 24.8 Å². The highest BCUT2D eigenvalue weighted by molar-refractivity contribution is 5.84. The molecule has 20 heavy (non-hydrogen) atoms. The minimum Gasteiger partial charge on any atom is -0.338 e. The number of nitrogens with two attached hydrogens (primary N) is 1. The second kappa shape index (κ2) is 7.44. The maximum Gasteiger partial charge on any atom is 0.230 e. The number of nitrogens with zero attached hydrogens (tertiary/aromatic N) is 1. The van der Waals surface area contributed by atoms with E-state index < -0.39 is 0 Å². The minimum absolute atomic E-state index is 0.0247. The van der Waals surface area contributed by atoms with Crippen molar-refractivity contribution in [2.45, 2.75) is 51.0 Å². The van der Waals surface area contributed by atoms with Gasteiger partial charge in [0.05, 0.1) is 5.92 Å². The van der Waals surface area contributed by atoms with Crippen molar-refractivity contribution in [3.05, 3.63) is 35.9 Å². The van der Waals surface area contributed by atoms with Crippen LogP contribution in [0.1, 0.15) is 50.5 Å². The van der Waals surface area contributed by atoms with E-state index >= 15 is 0 Å². The number of hydrogen-bond donors (Lipinski definition) is 1. The third kappa shape index (κ3) is 3.40. The highest BCUT2D eigenvalue weighted by atomic mass is 16.2. The van der Waals surface area contributed by atoms with Crippen molar-refractivity contribution in [1.82, 2.24) is 4.90 Å². The molecule has 2 N–H and O–H groups in total. The van der Waals surface area contributed by atoms with Crippen LogP contribution in [0.25, 0.3) is 0 Å². The molecule has 3 heteroatoms. The van der Waals surface area contributed by atoms with Crippen molar-refractivity contribution in [2.75, 3.05) is 13.1 Å². The van der Waals surface area contributed by atoms with E-state index in [-0.39, 0.29) is 17.9 Å². The molecule has 3 nitrogen and oxygen atoms in total. The molecule has 0 bridgehead atoms. The van der Waals surface area contributed by atoms with Crippen LogP contribution < -0.4 is 5.73 Å². The normalized spacial score (nSPS) is 21.3. The molecule has 1 saturated heterocycles. The SMILES string of the molecule is CCC(C(=O)N1CCCCCC1CN)c1ccccc1. The Kier molecular flexibility index (Phi) is 5.60. The second-order valence-corrected chi connectivity index (χ2v) is 5.64. The van der Waals surface area contributed by atoms with Gasteiger partial charge in [-0.15, -0.1) is 0 Å². The summed E-state index contributed by atoms with van der Waals surface area (Å²) in [6.07, 6.45) is 5.40. The molecule has 0 radical (unpaired) electrons. The van der Waals surface area contributed by atoms with Crippen molar-refractivity contribution < 1.29 is 4.79 Å². The zero-order valence-corrected chi connectivity index (χ0v) is 12.4. The molecule has 110 valence electrons. The smallest absolute Gasteiger partial charge is 0.230 e. The fraction of sp³-hybridized carbons (Fsp3) is 0.588. The lowest BCUT2D eigenvalue weighted by Crippen LogP contribution is -2.46. The van der Waals surface area contributed by atoms with E-state index in [1.165, 1.54) is 12.8 Å². The van der Waals surface area contributed by atoms with Crippen LogP contribution >= 0.6 is 0 Å². The molecule has 0 aliphatic carbocycles. The van der Waals surface area contributed by atoms with Crippen molar-refractivity contribution in [3.63, 3.8) is 0 Å². The predicted octanol–water partition coefficient (Wildman–Crippen LogP) is 2.91. The quantitative estimate of drug-likeness (QED) is 0.917. The summed E-state index contributed by atoms with van der Waals surface area (Å²) in [6, 6.07) is 10.4. The van der Waals surface area contributed by atoms with Gasteiger partial charge in [0.15, 0.2) is 0 Å². The predicted molar refractivity (Wildman–Crippen MR) is 82.5 cm³/mol. The topological polar surface area (TPSA) is 46.3 Å². The summed E-state index contributed by atoms with van der Waals surface area (Å²) in [4.78, 5) is 15.0. The van der Waals surface area contributed by atoms with Crippen LogP contribution in [0.5, 0.6) is 0 Å². The Balaban J connectivity index is 2.18. The first-order valence-corrected chi connectivity index (χ1v) is 7.83. The molecular weight excluding hydrogens is 248 g/mol. The van der Waals surface area contributed by atoms with Gasteiger partial charge >= 0.3 is 0 Å². The van der Waals surface area contributed by atoms with Crippen LogP contribution in [0.4, 0.5) is 0 Å². The van der Waals surface area contributed by atoms with Crippen LogP contribution in [0, 0.1) is 0 Å². The molecule has 1 aromatic rings. The standard InChI is InChI=1S/C17H26N2O/c1-2-16(14-9-5-3-6-10-14)17(20)19-12-8-4-7-11-15(19)13-18/h3,5-6,9-10,15-16H,2,4,7-8,11-13,18H2,1H3. The zero-order chi connectivity index (χ0) is 14.4. The largest absolute Gasteiger partial charge is 0.338 e. The summed E-state index contributed by atoms with van der Waals surface area (Å²) in [5, 5.41) is 0. The van der Waals surface area contributed by atoms with Gasteiger partial charge in [-0.2, -0.15) is 0 Å². The molecule has 1 heterocycles. The highest BCUT2D eigenvalue weighted by Gasteiger charge is 2.29.